The molecule has 0 amide bonds. The molecule has 0 fully saturated rings. The summed E-state index contributed by atoms with van der Waals surface area (Å²) in [5, 5.41) is 7.98. The number of pyridine rings is 2. The van der Waals surface area contributed by atoms with E-state index in [2.05, 4.69) is 236 Å². The second kappa shape index (κ2) is 15.2. The third-order valence-electron chi connectivity index (χ3n) is 13.8. The van der Waals surface area contributed by atoms with Crippen LogP contribution < -0.4 is 0 Å². The summed E-state index contributed by atoms with van der Waals surface area (Å²) in [5.41, 5.74) is 14.9. The number of nitrogens with zero attached hydrogens (tertiary/aromatic N) is 7. The summed E-state index contributed by atoms with van der Waals surface area (Å²) in [5.74, 6) is 1.61. The average molecular weight is 1060 g/mol. The minimum atomic E-state index is 0. The summed E-state index contributed by atoms with van der Waals surface area (Å²) in [7, 11) is 0. The molecule has 0 aliphatic carbocycles. The number of hydrogen-bond donors (Lipinski definition) is 0. The van der Waals surface area contributed by atoms with Crippen molar-refractivity contribution < 1.29 is 21.1 Å². The first-order chi connectivity index (χ1) is 33.7. The molecule has 6 aromatic heterocycles. The fourth-order valence-corrected chi connectivity index (χ4v) is 10.8. The van der Waals surface area contributed by atoms with Gasteiger partial charge in [0.1, 0.15) is 17.0 Å². The molecule has 0 bridgehead atoms. The van der Waals surface area contributed by atoms with Gasteiger partial charge in [-0.15, -0.1) is 46.7 Å². The van der Waals surface area contributed by atoms with E-state index in [1.165, 1.54) is 10.8 Å². The third-order valence-corrected chi connectivity index (χ3v) is 13.8. The Hall–Kier alpha value is -8.64. The second-order valence-corrected chi connectivity index (χ2v) is 17.5. The molecule has 69 heavy (non-hydrogen) atoms. The summed E-state index contributed by atoms with van der Waals surface area (Å²) in [6, 6.07) is 80.7. The Balaban J connectivity index is 0.00000448. The van der Waals surface area contributed by atoms with Gasteiger partial charge in [-0.05, 0) is 63.8 Å². The van der Waals surface area contributed by atoms with Crippen LogP contribution in [0.25, 0.3) is 133 Å². The predicted octanol–water partition coefficient (Wildman–Crippen LogP) is 14.7. The van der Waals surface area contributed by atoms with E-state index < -0.39 is 0 Å². The standard InChI is InChI=1S/C61H35N7.Pt/c1-2-17-38(18-3-1)41-21-6-11-28-51(41)67-55-32-15-10-27-49(55)63-60(67)39-19-16-20-40(33-39)65-52-29-12-8-24-44(52)47-34-48-45-25-9-13-30-53(45)66(57(48)35-56(47)65)59-36-58-50(37-62-59)64-61-46-26-5-4-22-42(46)43-23-7-14-31-54(43)68(58)61;/h1-32,34,36-37H;/q-2;+2. The number of fused-ring (bicyclic) bond motifs is 15. The zero-order valence-corrected chi connectivity index (χ0v) is 38.9. The monoisotopic (exact) mass is 1060 g/mol. The van der Waals surface area contributed by atoms with Gasteiger partial charge < -0.3 is 13.7 Å². The van der Waals surface area contributed by atoms with Gasteiger partial charge >= 0.3 is 21.1 Å². The smallest absolute Gasteiger partial charge is 0.352 e. The molecule has 0 aliphatic rings. The van der Waals surface area contributed by atoms with Crippen LogP contribution in [0.5, 0.6) is 0 Å². The van der Waals surface area contributed by atoms with E-state index in [9.17, 15) is 0 Å². The molecule has 324 valence electrons. The molecule has 0 atom stereocenters. The fraction of sp³-hybridized carbons (Fsp3) is 0. The number of aromatic nitrogens is 7. The number of benzene rings is 9. The van der Waals surface area contributed by atoms with Gasteiger partial charge in [0.25, 0.3) is 0 Å². The largest absolute Gasteiger partial charge is 2.00 e. The van der Waals surface area contributed by atoms with Gasteiger partial charge in [-0.25, -0.2) is 9.97 Å². The number of para-hydroxylation sites is 6. The Bertz CT molecular complexity index is 4580. The zero-order chi connectivity index (χ0) is 44.5. The van der Waals surface area contributed by atoms with Gasteiger partial charge in [0.05, 0.1) is 34.1 Å². The number of imidazole rings is 2. The Morgan fingerprint density at radius 1 is 0.391 bits per heavy atom. The molecular formula is C61H35N7Pt. The number of rotatable bonds is 5. The molecule has 15 rings (SSSR count). The Morgan fingerprint density at radius 2 is 1.00 bits per heavy atom. The van der Waals surface area contributed by atoms with Crippen LogP contribution in [0.15, 0.2) is 212 Å². The van der Waals surface area contributed by atoms with Gasteiger partial charge in [-0.3, -0.25) is 9.38 Å². The van der Waals surface area contributed by atoms with Crippen molar-refractivity contribution in [3.63, 3.8) is 0 Å². The predicted molar refractivity (Wildman–Crippen MR) is 277 cm³/mol. The van der Waals surface area contributed by atoms with Crippen LogP contribution in [-0.4, -0.2) is 33.1 Å². The van der Waals surface area contributed by atoms with Crippen molar-refractivity contribution in [2.24, 2.45) is 0 Å². The van der Waals surface area contributed by atoms with Crippen LogP contribution in [0.3, 0.4) is 0 Å². The van der Waals surface area contributed by atoms with E-state index in [0.29, 0.717) is 0 Å². The van der Waals surface area contributed by atoms with Crippen molar-refractivity contribution in [3.05, 3.63) is 225 Å². The van der Waals surface area contributed by atoms with Crippen LogP contribution in [0.1, 0.15) is 0 Å². The molecule has 0 spiro atoms. The van der Waals surface area contributed by atoms with Crippen LogP contribution in [0.4, 0.5) is 0 Å². The summed E-state index contributed by atoms with van der Waals surface area (Å²) >= 11 is 0. The van der Waals surface area contributed by atoms with E-state index in [1.54, 1.807) is 0 Å². The van der Waals surface area contributed by atoms with Crippen molar-refractivity contribution in [2.45, 2.75) is 0 Å². The maximum Gasteiger partial charge on any atom is 2.00 e. The average Bonchev–Trinajstić information content (AvgIpc) is 4.16. The van der Waals surface area contributed by atoms with Crippen molar-refractivity contribution in [1.82, 2.24) is 33.1 Å². The number of hydrogen-bond acceptors (Lipinski definition) is 3. The summed E-state index contributed by atoms with van der Waals surface area (Å²) in [6.07, 6.45) is 1.92. The van der Waals surface area contributed by atoms with Crippen LogP contribution in [-0.2, 0) is 21.1 Å². The molecule has 9 aromatic carbocycles. The van der Waals surface area contributed by atoms with Crippen LogP contribution in [0.2, 0.25) is 0 Å². The van der Waals surface area contributed by atoms with Crippen molar-refractivity contribution in [2.75, 3.05) is 0 Å². The molecule has 6 heterocycles. The quantitative estimate of drug-likeness (QED) is 0.127. The third kappa shape index (κ3) is 5.75. The van der Waals surface area contributed by atoms with E-state index in [4.69, 9.17) is 15.0 Å². The fourth-order valence-electron chi connectivity index (χ4n) is 10.8. The van der Waals surface area contributed by atoms with Crippen molar-refractivity contribution in [1.29, 1.82) is 0 Å². The first kappa shape index (κ1) is 39.5. The van der Waals surface area contributed by atoms with Crippen LogP contribution >= 0.6 is 0 Å². The van der Waals surface area contributed by atoms with Crippen molar-refractivity contribution >= 4 is 93.0 Å². The molecule has 0 aliphatic heterocycles. The SMILES string of the molecule is [Pt+2].[c-]1c(-c2nc3ccccc3n2-c2ccccc2-c2ccccc2)cccc1-n1c2[c-]c3c(cc2c2ccccc21)c1ccccc1n3-c1cc2c(cn1)nc1c3ccccc3c3ccccc3n21. The maximum absolute atomic E-state index is 5.32. The molecule has 0 saturated heterocycles. The minimum absolute atomic E-state index is 0. The molecule has 7 nitrogen and oxygen atoms in total. The summed E-state index contributed by atoms with van der Waals surface area (Å²) in [4.78, 5) is 15.7. The van der Waals surface area contributed by atoms with E-state index in [1.807, 2.05) is 6.20 Å². The first-order valence-electron chi connectivity index (χ1n) is 22.9. The Labute approximate surface area is 409 Å². The topological polar surface area (TPSA) is 57.9 Å². The summed E-state index contributed by atoms with van der Waals surface area (Å²) < 4.78 is 9.15. The second-order valence-electron chi connectivity index (χ2n) is 17.5. The van der Waals surface area contributed by atoms with Gasteiger partial charge in [0, 0.05) is 39.1 Å². The molecular weight excluding hydrogens is 1030 g/mol. The zero-order valence-electron chi connectivity index (χ0n) is 36.7. The maximum atomic E-state index is 5.32. The van der Waals surface area contributed by atoms with E-state index in [0.717, 1.165) is 122 Å². The van der Waals surface area contributed by atoms with Gasteiger partial charge in [0.2, 0.25) is 0 Å². The van der Waals surface area contributed by atoms with E-state index in [-0.39, 0.29) is 21.1 Å². The van der Waals surface area contributed by atoms with Gasteiger partial charge in [0.15, 0.2) is 0 Å². The van der Waals surface area contributed by atoms with Crippen LogP contribution in [0, 0.1) is 12.1 Å². The van der Waals surface area contributed by atoms with Crippen molar-refractivity contribution in [3.8, 4) is 39.7 Å². The molecule has 8 heteroatoms. The normalized spacial score (nSPS) is 11.9. The van der Waals surface area contributed by atoms with Gasteiger partial charge in [-0.1, -0.05) is 151 Å². The molecule has 0 radical (unpaired) electrons. The molecule has 0 saturated carbocycles. The molecule has 0 N–H and O–H groups in total. The van der Waals surface area contributed by atoms with Gasteiger partial charge in [-0.2, -0.15) is 6.07 Å². The Morgan fingerprint density at radius 3 is 1.78 bits per heavy atom. The minimum Gasteiger partial charge on any atom is -0.352 e. The first-order valence-corrected chi connectivity index (χ1v) is 22.9. The summed E-state index contributed by atoms with van der Waals surface area (Å²) in [6.45, 7) is 0. The molecule has 15 aromatic rings. The Kier molecular flexibility index (Phi) is 8.70. The van der Waals surface area contributed by atoms with E-state index >= 15 is 0 Å². The molecule has 0 unspecified atom stereocenters.